The first-order chi connectivity index (χ1) is 34.6. The van der Waals surface area contributed by atoms with Crippen molar-refractivity contribution in [3.8, 4) is 39.6 Å². The minimum absolute atomic E-state index is 0. The Hall–Kier alpha value is -7.42. The first-order valence-corrected chi connectivity index (χ1v) is 25.2. The van der Waals surface area contributed by atoms with Crippen LogP contribution in [0.2, 0.25) is 0 Å². The molecule has 0 atom stereocenters. The van der Waals surface area contributed by atoms with E-state index in [-0.39, 0.29) is 37.3 Å². The maximum Gasteiger partial charge on any atom is 2.00 e. The van der Waals surface area contributed by atoms with Gasteiger partial charge >= 0.3 is 32.8 Å². The van der Waals surface area contributed by atoms with Crippen molar-refractivity contribution in [1.29, 1.82) is 0 Å². The second kappa shape index (κ2) is 16.6. The maximum absolute atomic E-state index is 6.78. The Balaban J connectivity index is 0.00000543. The topological polar surface area (TPSA) is 33.1 Å². The Kier molecular flexibility index (Phi) is 10.6. The van der Waals surface area contributed by atoms with Crippen molar-refractivity contribution in [3.05, 3.63) is 227 Å². The van der Waals surface area contributed by atoms with E-state index in [4.69, 9.17) is 9.72 Å². The van der Waals surface area contributed by atoms with Gasteiger partial charge in [0.25, 0.3) is 5.69 Å². The minimum Gasteiger partial charge on any atom is -0.509 e. The van der Waals surface area contributed by atoms with Gasteiger partial charge in [-0.1, -0.05) is 194 Å². The molecule has 0 saturated heterocycles. The van der Waals surface area contributed by atoms with E-state index in [9.17, 15) is 0 Å². The normalized spacial score (nSPS) is 14.0. The van der Waals surface area contributed by atoms with E-state index in [0.717, 1.165) is 50.4 Å². The average Bonchev–Trinajstić information content (AvgIpc) is 4.02. The van der Waals surface area contributed by atoms with E-state index < -0.39 is 5.41 Å². The van der Waals surface area contributed by atoms with E-state index in [1.807, 2.05) is 24.4 Å². The number of fused-ring (bicyclic) bond motifs is 12. The number of rotatable bonds is 5. The third-order valence-corrected chi connectivity index (χ3v) is 15.3. The molecule has 0 bridgehead atoms. The molecule has 1 aliphatic carbocycles. The summed E-state index contributed by atoms with van der Waals surface area (Å²) in [6, 6.07) is 73.4. The molecule has 3 aliphatic rings. The number of hydrogen-bond acceptors (Lipinski definition) is 2. The molecule has 73 heavy (non-hydrogen) atoms. The summed E-state index contributed by atoms with van der Waals surface area (Å²) in [6.07, 6.45) is 1.91. The standard InChI is InChI=1S/C67H56N4O.Pt/c1-64(2,3)43-33-34-68-61(38-43)71-58-29-15-12-23-52(58)53-32-31-48(40-60(53)71)72-47-20-16-19-46(39-47)69-41-70-62-49(42-35-44(65(4,5)6)37-45(36-42)66(7,8)9)24-17-27-56(62)67(57-28-18-30-59(69)63(57)70)54-25-13-10-21-50(54)51-22-11-14-26-55(51)67;/h10-38H,1-9H3;/q;+2. The number of benzene rings is 8. The second-order valence-electron chi connectivity index (χ2n) is 22.9. The van der Waals surface area contributed by atoms with Crippen LogP contribution in [0.3, 0.4) is 0 Å². The van der Waals surface area contributed by atoms with Crippen LogP contribution in [0, 0.1) is 12.1 Å². The molecule has 0 N–H and O–H groups in total. The fourth-order valence-corrected chi connectivity index (χ4v) is 11.7. The van der Waals surface area contributed by atoms with Gasteiger partial charge in [0.1, 0.15) is 11.5 Å². The summed E-state index contributed by atoms with van der Waals surface area (Å²) in [6.45, 7) is 20.6. The Morgan fingerprint density at radius 2 is 1.10 bits per heavy atom. The van der Waals surface area contributed by atoms with Gasteiger partial charge in [0.05, 0.1) is 16.5 Å². The molecule has 6 heteroatoms. The van der Waals surface area contributed by atoms with Crippen molar-refractivity contribution in [2.24, 2.45) is 0 Å². The van der Waals surface area contributed by atoms with Gasteiger partial charge in [0.2, 0.25) is 5.69 Å². The molecule has 0 fully saturated rings. The van der Waals surface area contributed by atoms with E-state index in [1.165, 1.54) is 61.2 Å². The van der Waals surface area contributed by atoms with Gasteiger partial charge < -0.3 is 9.30 Å². The number of aromatic nitrogens is 2. The zero-order chi connectivity index (χ0) is 49.5. The predicted molar refractivity (Wildman–Crippen MR) is 296 cm³/mol. The van der Waals surface area contributed by atoms with E-state index in [1.54, 1.807) is 0 Å². The van der Waals surface area contributed by atoms with Crippen LogP contribution in [0.1, 0.15) is 101 Å². The zero-order valence-electron chi connectivity index (χ0n) is 42.8. The molecular formula is C67H56N4OPt+2. The van der Waals surface area contributed by atoms with Gasteiger partial charge in [-0.05, 0) is 95.0 Å². The quantitative estimate of drug-likeness (QED) is 0.127. The number of nitrogens with zero attached hydrogens (tertiary/aromatic N) is 4. The smallest absolute Gasteiger partial charge is 0.509 e. The number of pyridine rings is 1. The Bertz CT molecular complexity index is 3940. The van der Waals surface area contributed by atoms with Crippen molar-refractivity contribution >= 4 is 50.6 Å². The summed E-state index contributed by atoms with van der Waals surface area (Å²) in [7, 11) is 0. The maximum atomic E-state index is 6.78. The molecule has 0 saturated carbocycles. The number of hydrogen-bond donors (Lipinski definition) is 0. The van der Waals surface area contributed by atoms with Gasteiger partial charge in [-0.15, -0.1) is 23.6 Å². The molecule has 0 radical (unpaired) electrons. The Labute approximate surface area is 443 Å². The Morgan fingerprint density at radius 3 is 1.79 bits per heavy atom. The number of para-hydroxylation sites is 3. The molecule has 358 valence electrons. The first-order valence-electron chi connectivity index (χ1n) is 25.2. The van der Waals surface area contributed by atoms with Crippen molar-refractivity contribution in [1.82, 2.24) is 18.7 Å². The van der Waals surface area contributed by atoms with Crippen molar-refractivity contribution < 1.29 is 25.8 Å². The third kappa shape index (κ3) is 7.11. The van der Waals surface area contributed by atoms with Crippen LogP contribution in [0.25, 0.3) is 49.9 Å². The second-order valence-corrected chi connectivity index (χ2v) is 22.9. The van der Waals surface area contributed by atoms with Crippen LogP contribution in [-0.2, 0) is 42.7 Å². The van der Waals surface area contributed by atoms with Crippen LogP contribution in [0.5, 0.6) is 11.5 Å². The molecule has 0 unspecified atom stereocenters. The van der Waals surface area contributed by atoms with Gasteiger partial charge in [-0.25, -0.2) is 4.98 Å². The summed E-state index contributed by atoms with van der Waals surface area (Å²) in [5, 5.41) is 2.22. The van der Waals surface area contributed by atoms with Crippen molar-refractivity contribution in [2.75, 3.05) is 0 Å². The number of ether oxygens (including phenoxy) is 1. The van der Waals surface area contributed by atoms with Crippen LogP contribution in [0.15, 0.2) is 176 Å². The Morgan fingerprint density at radius 1 is 0.507 bits per heavy atom. The van der Waals surface area contributed by atoms with E-state index >= 15 is 0 Å². The molecule has 1 spiro atoms. The predicted octanol–water partition coefficient (Wildman–Crippen LogP) is 16.7. The summed E-state index contributed by atoms with van der Waals surface area (Å²) < 4.78 is 13.5. The minimum atomic E-state index is -0.595. The molecule has 13 rings (SSSR count). The molecular weight excluding hydrogens is 1070 g/mol. The monoisotopic (exact) mass is 1130 g/mol. The van der Waals surface area contributed by atoms with Crippen LogP contribution in [-0.4, -0.2) is 15.6 Å². The summed E-state index contributed by atoms with van der Waals surface area (Å²) >= 11 is 0. The first kappa shape index (κ1) is 46.6. The molecule has 5 nitrogen and oxygen atoms in total. The zero-order valence-corrected chi connectivity index (χ0v) is 45.0. The van der Waals surface area contributed by atoms with Crippen LogP contribution < -0.4 is 13.9 Å². The van der Waals surface area contributed by atoms with E-state index in [2.05, 4.69) is 246 Å². The average molecular weight is 1130 g/mol. The summed E-state index contributed by atoms with van der Waals surface area (Å²) in [5.41, 5.74) is 19.1. The molecule has 10 aromatic rings. The van der Waals surface area contributed by atoms with Crippen LogP contribution in [0.4, 0.5) is 22.7 Å². The van der Waals surface area contributed by atoms with Crippen molar-refractivity contribution in [2.45, 2.75) is 84.0 Å². The molecule has 2 aliphatic heterocycles. The van der Waals surface area contributed by atoms with E-state index in [0.29, 0.717) is 11.5 Å². The molecule has 2 aromatic heterocycles. The summed E-state index contributed by atoms with van der Waals surface area (Å²) in [5.74, 6) is 2.02. The van der Waals surface area contributed by atoms with Crippen molar-refractivity contribution in [3.63, 3.8) is 0 Å². The molecule has 0 amide bonds. The SMILES string of the molecule is CC(C)(C)c1cc(-c2cccc3c2[N+]2=C=[N+](c4[c-]c(Oc5[c-]c6c(cc5)c5ccccc5n6-c5cc(C(C)(C)C)ccn5)ccc4)c4cccc(c42)C32c3ccccc3-c3ccccc32)cc(C(C)(C)C)c1.[Pt+2]. The van der Waals surface area contributed by atoms with Gasteiger partial charge in [0.15, 0.2) is 0 Å². The molecule has 8 aromatic carbocycles. The molecule has 4 heterocycles. The van der Waals surface area contributed by atoms with Gasteiger partial charge in [-0.2, -0.15) is 12.1 Å². The fourth-order valence-electron chi connectivity index (χ4n) is 11.7. The summed E-state index contributed by atoms with van der Waals surface area (Å²) in [4.78, 5) is 4.90. The third-order valence-electron chi connectivity index (χ3n) is 15.3. The van der Waals surface area contributed by atoms with Gasteiger partial charge in [0, 0.05) is 34.8 Å². The largest absolute Gasteiger partial charge is 2.00 e. The van der Waals surface area contributed by atoms with Crippen LogP contribution >= 0.6 is 0 Å². The fraction of sp³-hybridized carbons (Fsp3) is 0.194. The van der Waals surface area contributed by atoms with Gasteiger partial charge in [-0.3, -0.25) is 0 Å².